The highest BCUT2D eigenvalue weighted by atomic mass is 16.6. The van der Waals surface area contributed by atoms with Gasteiger partial charge in [0.1, 0.15) is 5.70 Å². The van der Waals surface area contributed by atoms with Crippen molar-refractivity contribution in [2.45, 2.75) is 0 Å². The Morgan fingerprint density at radius 3 is 2.26 bits per heavy atom. The van der Waals surface area contributed by atoms with Crippen LogP contribution in [0.3, 0.4) is 0 Å². The SMILES string of the molecule is CN(C)c1ccc(/C=C(/NC(=O)c2ccccc2)C(=O)NN=Cc2ccc([N+](=O)[O-])c(O)c2)cc1. The summed E-state index contributed by atoms with van der Waals surface area (Å²) >= 11 is 0. The van der Waals surface area contributed by atoms with Crippen LogP contribution in [0.25, 0.3) is 6.08 Å². The van der Waals surface area contributed by atoms with Gasteiger partial charge in [0.05, 0.1) is 11.1 Å². The number of nitrogens with zero attached hydrogens (tertiary/aromatic N) is 3. The van der Waals surface area contributed by atoms with E-state index in [1.165, 1.54) is 18.4 Å². The Morgan fingerprint density at radius 1 is 1.00 bits per heavy atom. The van der Waals surface area contributed by atoms with Gasteiger partial charge in [-0.3, -0.25) is 19.7 Å². The van der Waals surface area contributed by atoms with Crippen molar-refractivity contribution in [2.75, 3.05) is 19.0 Å². The molecule has 178 valence electrons. The van der Waals surface area contributed by atoms with E-state index in [1.807, 2.05) is 31.1 Å². The third-order valence-corrected chi connectivity index (χ3v) is 4.83. The van der Waals surface area contributed by atoms with Crippen molar-refractivity contribution >= 4 is 35.5 Å². The molecule has 10 nitrogen and oxygen atoms in total. The number of phenols is 1. The number of nitro groups is 1. The number of nitro benzene ring substituents is 1. The van der Waals surface area contributed by atoms with Gasteiger partial charge in [-0.05, 0) is 53.6 Å². The van der Waals surface area contributed by atoms with E-state index in [2.05, 4.69) is 15.8 Å². The van der Waals surface area contributed by atoms with Crippen LogP contribution < -0.4 is 15.6 Å². The number of carbonyl (C=O) groups excluding carboxylic acids is 2. The molecular formula is C25H23N5O5. The molecule has 3 aromatic rings. The van der Waals surface area contributed by atoms with E-state index in [0.29, 0.717) is 16.7 Å². The van der Waals surface area contributed by atoms with Gasteiger partial charge in [-0.1, -0.05) is 30.3 Å². The first-order valence-corrected chi connectivity index (χ1v) is 10.4. The summed E-state index contributed by atoms with van der Waals surface area (Å²) in [4.78, 5) is 37.5. The van der Waals surface area contributed by atoms with Gasteiger partial charge in [-0.15, -0.1) is 0 Å². The lowest BCUT2D eigenvalue weighted by atomic mass is 10.1. The molecule has 0 aliphatic rings. The lowest BCUT2D eigenvalue weighted by molar-refractivity contribution is -0.385. The van der Waals surface area contributed by atoms with E-state index in [0.717, 1.165) is 17.8 Å². The fraction of sp³-hybridized carbons (Fsp3) is 0.0800. The molecule has 0 fully saturated rings. The Bertz CT molecular complexity index is 1290. The zero-order chi connectivity index (χ0) is 25.4. The van der Waals surface area contributed by atoms with Crippen LogP contribution in [0.15, 0.2) is 83.6 Å². The van der Waals surface area contributed by atoms with E-state index in [4.69, 9.17) is 0 Å². The van der Waals surface area contributed by atoms with Crippen LogP contribution in [0.1, 0.15) is 21.5 Å². The molecule has 0 unspecified atom stereocenters. The van der Waals surface area contributed by atoms with Gasteiger partial charge in [-0.25, -0.2) is 5.43 Å². The summed E-state index contributed by atoms with van der Waals surface area (Å²) in [6, 6.07) is 19.4. The van der Waals surface area contributed by atoms with E-state index < -0.39 is 28.2 Å². The molecule has 3 rings (SSSR count). The van der Waals surface area contributed by atoms with Gasteiger partial charge in [0.15, 0.2) is 5.75 Å². The number of nitrogens with one attached hydrogen (secondary N) is 2. The Hall–Kier alpha value is -4.99. The lowest BCUT2D eigenvalue weighted by Gasteiger charge is -2.12. The van der Waals surface area contributed by atoms with Gasteiger partial charge < -0.3 is 15.3 Å². The van der Waals surface area contributed by atoms with E-state index >= 15 is 0 Å². The highest BCUT2D eigenvalue weighted by Crippen LogP contribution is 2.25. The summed E-state index contributed by atoms with van der Waals surface area (Å²) < 4.78 is 0. The summed E-state index contributed by atoms with van der Waals surface area (Å²) in [6.45, 7) is 0. The Balaban J connectivity index is 1.81. The molecule has 0 heterocycles. The first kappa shape index (κ1) is 24.6. The highest BCUT2D eigenvalue weighted by molar-refractivity contribution is 6.05. The maximum atomic E-state index is 12.8. The van der Waals surface area contributed by atoms with Gasteiger partial charge in [0, 0.05) is 31.4 Å². The van der Waals surface area contributed by atoms with Crippen LogP contribution >= 0.6 is 0 Å². The first-order chi connectivity index (χ1) is 16.7. The smallest absolute Gasteiger partial charge is 0.310 e. The zero-order valence-electron chi connectivity index (χ0n) is 19.0. The van der Waals surface area contributed by atoms with Crippen molar-refractivity contribution in [1.82, 2.24) is 10.7 Å². The maximum Gasteiger partial charge on any atom is 0.310 e. The number of amides is 2. The largest absolute Gasteiger partial charge is 0.502 e. The molecular weight excluding hydrogens is 450 g/mol. The van der Waals surface area contributed by atoms with Crippen molar-refractivity contribution < 1.29 is 19.6 Å². The summed E-state index contributed by atoms with van der Waals surface area (Å²) in [6.07, 6.45) is 2.73. The van der Waals surface area contributed by atoms with E-state index in [9.17, 15) is 24.8 Å². The number of hydrazone groups is 1. The topological polar surface area (TPSA) is 137 Å². The highest BCUT2D eigenvalue weighted by Gasteiger charge is 2.15. The summed E-state index contributed by atoms with van der Waals surface area (Å²) in [5.74, 6) is -1.68. The summed E-state index contributed by atoms with van der Waals surface area (Å²) in [5, 5.41) is 27.0. The lowest BCUT2D eigenvalue weighted by Crippen LogP contribution is -2.32. The second-order valence-corrected chi connectivity index (χ2v) is 7.57. The first-order valence-electron chi connectivity index (χ1n) is 10.4. The van der Waals surface area contributed by atoms with Crippen molar-refractivity contribution in [3.63, 3.8) is 0 Å². The molecule has 0 aliphatic heterocycles. The van der Waals surface area contributed by atoms with Gasteiger partial charge >= 0.3 is 5.69 Å². The molecule has 0 saturated carbocycles. The van der Waals surface area contributed by atoms with Gasteiger partial charge in [0.2, 0.25) is 0 Å². The van der Waals surface area contributed by atoms with Crippen LogP contribution in [-0.4, -0.2) is 42.2 Å². The van der Waals surface area contributed by atoms with Crippen molar-refractivity contribution in [3.05, 3.63) is 105 Å². The zero-order valence-corrected chi connectivity index (χ0v) is 19.0. The van der Waals surface area contributed by atoms with Crippen LogP contribution in [0.5, 0.6) is 5.75 Å². The van der Waals surface area contributed by atoms with Crippen molar-refractivity contribution in [1.29, 1.82) is 0 Å². The third-order valence-electron chi connectivity index (χ3n) is 4.83. The predicted octanol–water partition coefficient (Wildman–Crippen LogP) is 3.29. The van der Waals surface area contributed by atoms with Gasteiger partial charge in [-0.2, -0.15) is 5.10 Å². The van der Waals surface area contributed by atoms with E-state index in [-0.39, 0.29) is 5.70 Å². The monoisotopic (exact) mass is 473 g/mol. The molecule has 3 aromatic carbocycles. The number of phenolic OH excluding ortho intramolecular Hbond substituents is 1. The Labute approximate surface area is 201 Å². The Kier molecular flexibility index (Phi) is 7.91. The minimum absolute atomic E-state index is 0.0415. The minimum atomic E-state index is -0.713. The van der Waals surface area contributed by atoms with Crippen molar-refractivity contribution in [3.8, 4) is 5.75 Å². The normalized spacial score (nSPS) is 11.2. The Morgan fingerprint density at radius 2 is 1.66 bits per heavy atom. The predicted molar refractivity (Wildman–Crippen MR) is 133 cm³/mol. The fourth-order valence-electron chi connectivity index (χ4n) is 2.98. The second kappa shape index (κ2) is 11.2. The number of carbonyl (C=O) groups is 2. The number of benzene rings is 3. The third kappa shape index (κ3) is 6.75. The van der Waals surface area contributed by atoms with Crippen molar-refractivity contribution in [2.24, 2.45) is 5.10 Å². The average molecular weight is 473 g/mol. The molecule has 0 aliphatic carbocycles. The molecule has 0 spiro atoms. The molecule has 2 amide bonds. The fourth-order valence-corrected chi connectivity index (χ4v) is 2.98. The number of aromatic hydroxyl groups is 1. The number of rotatable bonds is 8. The van der Waals surface area contributed by atoms with Crippen LogP contribution in [0.2, 0.25) is 0 Å². The summed E-state index contributed by atoms with van der Waals surface area (Å²) in [5.41, 5.74) is 4.18. The minimum Gasteiger partial charge on any atom is -0.502 e. The van der Waals surface area contributed by atoms with Crippen LogP contribution in [-0.2, 0) is 4.79 Å². The number of hydrogen-bond donors (Lipinski definition) is 3. The molecule has 0 aromatic heterocycles. The molecule has 3 N–H and O–H groups in total. The van der Waals surface area contributed by atoms with Crippen LogP contribution in [0.4, 0.5) is 11.4 Å². The maximum absolute atomic E-state index is 12.8. The van der Waals surface area contributed by atoms with E-state index in [1.54, 1.807) is 42.5 Å². The molecule has 35 heavy (non-hydrogen) atoms. The molecule has 0 radical (unpaired) electrons. The number of hydrogen-bond acceptors (Lipinski definition) is 7. The average Bonchev–Trinajstić information content (AvgIpc) is 2.84. The molecule has 10 heteroatoms. The summed E-state index contributed by atoms with van der Waals surface area (Å²) in [7, 11) is 3.82. The molecule has 0 saturated heterocycles. The van der Waals surface area contributed by atoms with Crippen LogP contribution in [0, 0.1) is 10.1 Å². The number of anilines is 1. The quantitative estimate of drug-likeness (QED) is 0.199. The van der Waals surface area contributed by atoms with Gasteiger partial charge in [0.25, 0.3) is 11.8 Å². The molecule has 0 bridgehead atoms. The standard InChI is InChI=1S/C25H23N5O5/c1-29(2)20-11-8-17(9-12-20)14-21(27-24(32)19-6-4-3-5-7-19)25(33)28-26-16-18-10-13-22(30(34)35)23(31)15-18/h3-16,31H,1-2H3,(H,27,32)(H,28,33)/b21-14+,26-16?. The second-order valence-electron chi connectivity index (χ2n) is 7.57. The molecule has 0 atom stereocenters.